The molecule has 2 N–H and O–H groups in total. The average Bonchev–Trinajstić information content (AvgIpc) is 2.55. The number of amides is 1. The Hall–Kier alpha value is -2.83. The summed E-state index contributed by atoms with van der Waals surface area (Å²) in [5.41, 5.74) is -0.183. The minimum Gasteiger partial charge on any atom is -0.481 e. The zero-order valence-electron chi connectivity index (χ0n) is 13.1. The Morgan fingerprint density at radius 3 is 2.24 bits per heavy atom. The Morgan fingerprint density at radius 1 is 1.00 bits per heavy atom. The minimum absolute atomic E-state index is 0.0622. The van der Waals surface area contributed by atoms with Gasteiger partial charge in [0.15, 0.2) is 0 Å². The van der Waals surface area contributed by atoms with Gasteiger partial charge in [0.2, 0.25) is 0 Å². The van der Waals surface area contributed by atoms with Gasteiger partial charge in [0.25, 0.3) is 5.91 Å². The van der Waals surface area contributed by atoms with Crippen molar-refractivity contribution in [2.45, 2.75) is 25.4 Å². The van der Waals surface area contributed by atoms with Gasteiger partial charge in [-0.05, 0) is 42.7 Å². The molecule has 0 aliphatic carbocycles. The number of carbonyl (C=O) groups is 2. The molecule has 0 aliphatic heterocycles. The number of alkyl halides is 3. The van der Waals surface area contributed by atoms with Gasteiger partial charge in [-0.3, -0.25) is 9.59 Å². The summed E-state index contributed by atoms with van der Waals surface area (Å²) in [4.78, 5) is 22.6. The molecular formula is C18H16F3NO3. The molecule has 0 saturated heterocycles. The summed E-state index contributed by atoms with van der Waals surface area (Å²) < 4.78 is 38.9. The highest BCUT2D eigenvalue weighted by Gasteiger charge is 2.34. The summed E-state index contributed by atoms with van der Waals surface area (Å²) in [5.74, 6) is -1.71. The molecule has 4 nitrogen and oxygen atoms in total. The molecule has 0 bridgehead atoms. The van der Waals surface area contributed by atoms with Crippen molar-refractivity contribution >= 4 is 17.6 Å². The fourth-order valence-electron chi connectivity index (χ4n) is 2.33. The molecule has 25 heavy (non-hydrogen) atoms. The Bertz CT molecular complexity index is 755. The van der Waals surface area contributed by atoms with E-state index in [4.69, 9.17) is 5.11 Å². The lowest BCUT2D eigenvalue weighted by atomic mass is 10.1. The molecule has 2 aromatic carbocycles. The third kappa shape index (κ3) is 5.34. The zero-order chi connectivity index (χ0) is 18.4. The van der Waals surface area contributed by atoms with Crippen LogP contribution < -0.4 is 5.32 Å². The largest absolute Gasteiger partial charge is 0.481 e. The molecular weight excluding hydrogens is 335 g/mol. The van der Waals surface area contributed by atoms with Crippen molar-refractivity contribution in [2.75, 3.05) is 5.32 Å². The molecule has 0 spiro atoms. The van der Waals surface area contributed by atoms with Crippen LogP contribution in [0.25, 0.3) is 0 Å². The van der Waals surface area contributed by atoms with E-state index in [1.807, 2.05) is 0 Å². The van der Waals surface area contributed by atoms with Gasteiger partial charge in [0, 0.05) is 12.1 Å². The monoisotopic (exact) mass is 351 g/mol. The number of halogens is 3. The van der Waals surface area contributed by atoms with Crippen LogP contribution in [0.4, 0.5) is 18.9 Å². The van der Waals surface area contributed by atoms with Crippen LogP contribution in [0.1, 0.15) is 34.3 Å². The first-order valence-electron chi connectivity index (χ1n) is 7.55. The maximum atomic E-state index is 13.0. The van der Waals surface area contributed by atoms with Crippen molar-refractivity contribution in [3.05, 3.63) is 65.2 Å². The number of benzene rings is 2. The summed E-state index contributed by atoms with van der Waals surface area (Å²) >= 11 is 0. The number of carboxylic acids is 1. The SMILES string of the molecule is O=C(O)CCCc1ccc(NC(=O)c2ccccc2C(F)(F)F)cc1. The highest BCUT2D eigenvalue weighted by atomic mass is 19.4. The molecule has 2 aromatic rings. The van der Waals surface area contributed by atoms with Crippen molar-refractivity contribution in [3.8, 4) is 0 Å². The first-order chi connectivity index (χ1) is 11.8. The van der Waals surface area contributed by atoms with E-state index in [-0.39, 0.29) is 6.42 Å². The summed E-state index contributed by atoms with van der Waals surface area (Å²) in [6.07, 6.45) is -3.49. The summed E-state index contributed by atoms with van der Waals surface area (Å²) in [5, 5.41) is 11.0. The maximum Gasteiger partial charge on any atom is 0.417 e. The van der Waals surface area contributed by atoms with Gasteiger partial charge in [-0.15, -0.1) is 0 Å². The lowest BCUT2D eigenvalue weighted by Crippen LogP contribution is -2.18. The fraction of sp³-hybridized carbons (Fsp3) is 0.222. The van der Waals surface area contributed by atoms with Crippen molar-refractivity contribution < 1.29 is 27.9 Å². The van der Waals surface area contributed by atoms with Gasteiger partial charge in [-0.25, -0.2) is 0 Å². The Morgan fingerprint density at radius 2 is 1.64 bits per heavy atom. The Labute approximate surface area is 142 Å². The van der Waals surface area contributed by atoms with E-state index in [0.29, 0.717) is 18.5 Å². The van der Waals surface area contributed by atoms with E-state index >= 15 is 0 Å². The molecule has 0 radical (unpaired) electrons. The summed E-state index contributed by atoms with van der Waals surface area (Å²) in [7, 11) is 0. The number of carbonyl (C=O) groups excluding carboxylic acids is 1. The van der Waals surface area contributed by atoms with Gasteiger partial charge in [0.1, 0.15) is 0 Å². The molecule has 0 fully saturated rings. The summed E-state index contributed by atoms with van der Waals surface area (Å²) in [6.45, 7) is 0. The molecule has 2 rings (SSSR count). The van der Waals surface area contributed by atoms with Gasteiger partial charge in [-0.2, -0.15) is 13.2 Å². The van der Waals surface area contributed by atoms with Gasteiger partial charge in [0.05, 0.1) is 11.1 Å². The molecule has 132 valence electrons. The van der Waals surface area contributed by atoms with Gasteiger partial charge in [-0.1, -0.05) is 24.3 Å². The summed E-state index contributed by atoms with van der Waals surface area (Å²) in [6, 6.07) is 11.1. The lowest BCUT2D eigenvalue weighted by Gasteiger charge is -2.13. The molecule has 1 amide bonds. The molecule has 0 aromatic heterocycles. The fourth-order valence-corrected chi connectivity index (χ4v) is 2.33. The zero-order valence-corrected chi connectivity index (χ0v) is 13.1. The van der Waals surface area contributed by atoms with E-state index < -0.39 is 29.2 Å². The Kier molecular flexibility index (Phi) is 5.80. The van der Waals surface area contributed by atoms with Crippen LogP contribution in [0.5, 0.6) is 0 Å². The van der Waals surface area contributed by atoms with Crippen LogP contribution in [0.15, 0.2) is 48.5 Å². The van der Waals surface area contributed by atoms with E-state index in [2.05, 4.69) is 5.32 Å². The van der Waals surface area contributed by atoms with Crippen molar-refractivity contribution in [1.82, 2.24) is 0 Å². The van der Waals surface area contributed by atoms with E-state index in [0.717, 1.165) is 17.7 Å². The Balaban J connectivity index is 2.05. The predicted molar refractivity (Wildman–Crippen MR) is 86.4 cm³/mol. The van der Waals surface area contributed by atoms with Crippen LogP contribution in [0.3, 0.4) is 0 Å². The molecule has 0 unspecified atom stereocenters. The predicted octanol–water partition coefficient (Wildman–Crippen LogP) is 4.37. The number of carboxylic acid groups (broad SMARTS) is 1. The van der Waals surface area contributed by atoms with Crippen LogP contribution in [-0.4, -0.2) is 17.0 Å². The number of anilines is 1. The smallest absolute Gasteiger partial charge is 0.417 e. The van der Waals surface area contributed by atoms with E-state index in [9.17, 15) is 22.8 Å². The first kappa shape index (κ1) is 18.5. The van der Waals surface area contributed by atoms with Crippen molar-refractivity contribution in [3.63, 3.8) is 0 Å². The minimum atomic E-state index is -4.61. The van der Waals surface area contributed by atoms with Crippen LogP contribution in [-0.2, 0) is 17.4 Å². The number of rotatable bonds is 6. The lowest BCUT2D eigenvalue weighted by molar-refractivity contribution is -0.138. The second-order valence-electron chi connectivity index (χ2n) is 5.44. The number of aliphatic carboxylic acids is 1. The molecule has 0 heterocycles. The maximum absolute atomic E-state index is 13.0. The third-order valence-electron chi connectivity index (χ3n) is 3.54. The van der Waals surface area contributed by atoms with Crippen molar-refractivity contribution in [2.24, 2.45) is 0 Å². The van der Waals surface area contributed by atoms with Gasteiger partial charge >= 0.3 is 12.1 Å². The highest BCUT2D eigenvalue weighted by Crippen LogP contribution is 2.32. The molecule has 0 aliphatic rings. The standard InChI is InChI=1S/C18H16F3NO3/c19-18(20,21)15-6-2-1-5-14(15)17(25)22-13-10-8-12(9-11-13)4-3-7-16(23)24/h1-2,5-6,8-11H,3-4,7H2,(H,22,25)(H,23,24). The first-order valence-corrected chi connectivity index (χ1v) is 7.55. The van der Waals surface area contributed by atoms with E-state index in [1.165, 1.54) is 12.1 Å². The second kappa shape index (κ2) is 7.83. The quantitative estimate of drug-likeness (QED) is 0.812. The number of hydrogen-bond donors (Lipinski definition) is 2. The van der Waals surface area contributed by atoms with Gasteiger partial charge < -0.3 is 10.4 Å². The topological polar surface area (TPSA) is 66.4 Å². The molecule has 0 atom stereocenters. The average molecular weight is 351 g/mol. The number of nitrogens with one attached hydrogen (secondary N) is 1. The van der Waals surface area contributed by atoms with Crippen LogP contribution in [0, 0.1) is 0 Å². The third-order valence-corrected chi connectivity index (χ3v) is 3.54. The normalized spacial score (nSPS) is 11.2. The molecule has 7 heteroatoms. The van der Waals surface area contributed by atoms with Crippen LogP contribution in [0.2, 0.25) is 0 Å². The van der Waals surface area contributed by atoms with E-state index in [1.54, 1.807) is 24.3 Å². The molecule has 0 saturated carbocycles. The van der Waals surface area contributed by atoms with Crippen LogP contribution >= 0.6 is 0 Å². The van der Waals surface area contributed by atoms with Crippen molar-refractivity contribution in [1.29, 1.82) is 0 Å². The second-order valence-corrected chi connectivity index (χ2v) is 5.44. The highest BCUT2D eigenvalue weighted by molar-refractivity contribution is 6.05. The number of hydrogen-bond acceptors (Lipinski definition) is 2. The number of aryl methyl sites for hydroxylation is 1.